The van der Waals surface area contributed by atoms with Gasteiger partial charge in [-0.1, -0.05) is 30.3 Å². The van der Waals surface area contributed by atoms with Gasteiger partial charge in [-0.2, -0.15) is 0 Å². The molecule has 0 bridgehead atoms. The number of benzene rings is 2. The number of hydrogen-bond donors (Lipinski definition) is 1. The highest BCUT2D eigenvalue weighted by Crippen LogP contribution is 2.48. The topological polar surface area (TPSA) is 58.6 Å². The quantitative estimate of drug-likeness (QED) is 0.762. The summed E-state index contributed by atoms with van der Waals surface area (Å²) in [6.45, 7) is 2.02. The number of nitrogens with one attached hydrogen (secondary N) is 1. The fourth-order valence-corrected chi connectivity index (χ4v) is 4.09. The minimum atomic E-state index is -0.487. The molecule has 2 aliphatic rings. The summed E-state index contributed by atoms with van der Waals surface area (Å²) < 4.78 is 18.7. The van der Waals surface area contributed by atoms with Crippen LogP contribution < -0.4 is 10.1 Å². The highest BCUT2D eigenvalue weighted by molar-refractivity contribution is 5.91. The summed E-state index contributed by atoms with van der Waals surface area (Å²) in [5.74, 6) is 0.791. The summed E-state index contributed by atoms with van der Waals surface area (Å²) in [6.07, 6.45) is 3.33. The Bertz CT molecular complexity index is 873. The summed E-state index contributed by atoms with van der Waals surface area (Å²) in [5.41, 5.74) is 0.402. The number of nitrogens with zero attached hydrogens (tertiary/aromatic N) is 1. The van der Waals surface area contributed by atoms with Crippen molar-refractivity contribution in [2.75, 3.05) is 26.2 Å². The number of carbonyl (C=O) groups is 2. The maximum absolute atomic E-state index is 13.2. The van der Waals surface area contributed by atoms with Crippen molar-refractivity contribution in [3.05, 3.63) is 66.0 Å². The number of para-hydroxylation sites is 1. The van der Waals surface area contributed by atoms with Gasteiger partial charge in [-0.3, -0.25) is 9.59 Å². The van der Waals surface area contributed by atoms with E-state index in [0.717, 1.165) is 31.2 Å². The van der Waals surface area contributed by atoms with Crippen LogP contribution in [0.15, 0.2) is 54.6 Å². The van der Waals surface area contributed by atoms with E-state index in [2.05, 4.69) is 5.32 Å². The number of halogens is 1. The van der Waals surface area contributed by atoms with Crippen molar-refractivity contribution in [3.8, 4) is 5.75 Å². The van der Waals surface area contributed by atoms with Crippen LogP contribution in [0.5, 0.6) is 5.75 Å². The SMILES string of the molecule is O=C(COc1ccccc1)N1CCC(CNC(=O)C2(c3ccc(F)cc3)CC2)CC1. The molecule has 0 atom stereocenters. The van der Waals surface area contributed by atoms with Gasteiger partial charge in [-0.25, -0.2) is 4.39 Å². The van der Waals surface area contributed by atoms with Crippen LogP contribution in [0.1, 0.15) is 31.2 Å². The largest absolute Gasteiger partial charge is 0.484 e. The van der Waals surface area contributed by atoms with E-state index in [1.54, 1.807) is 12.1 Å². The second kappa shape index (κ2) is 8.86. The van der Waals surface area contributed by atoms with E-state index in [1.165, 1.54) is 12.1 Å². The van der Waals surface area contributed by atoms with Gasteiger partial charge >= 0.3 is 0 Å². The van der Waals surface area contributed by atoms with Crippen LogP contribution >= 0.6 is 0 Å². The molecule has 2 fully saturated rings. The zero-order chi connectivity index (χ0) is 21.0. The Hall–Kier alpha value is -2.89. The second-order valence-corrected chi connectivity index (χ2v) is 8.22. The maximum atomic E-state index is 13.2. The van der Waals surface area contributed by atoms with Gasteiger partial charge < -0.3 is 15.0 Å². The minimum Gasteiger partial charge on any atom is -0.484 e. The first-order valence-electron chi connectivity index (χ1n) is 10.6. The second-order valence-electron chi connectivity index (χ2n) is 8.22. The summed E-state index contributed by atoms with van der Waals surface area (Å²) in [7, 11) is 0. The lowest BCUT2D eigenvalue weighted by molar-refractivity contribution is -0.135. The molecule has 30 heavy (non-hydrogen) atoms. The van der Waals surface area contributed by atoms with Gasteiger partial charge in [-0.05, 0) is 61.4 Å². The molecule has 5 nitrogen and oxygen atoms in total. The fourth-order valence-electron chi connectivity index (χ4n) is 4.09. The van der Waals surface area contributed by atoms with Gasteiger partial charge in [0, 0.05) is 19.6 Å². The molecule has 1 saturated heterocycles. The third-order valence-corrected chi connectivity index (χ3v) is 6.21. The molecule has 2 aromatic rings. The third kappa shape index (κ3) is 4.64. The first kappa shape index (κ1) is 20.4. The van der Waals surface area contributed by atoms with Crippen LogP contribution in [-0.2, 0) is 15.0 Å². The average Bonchev–Trinajstić information content (AvgIpc) is 3.59. The van der Waals surface area contributed by atoms with Crippen LogP contribution in [0.4, 0.5) is 4.39 Å². The summed E-state index contributed by atoms with van der Waals surface area (Å²) in [5, 5.41) is 3.10. The zero-order valence-electron chi connectivity index (χ0n) is 17.0. The average molecular weight is 410 g/mol. The highest BCUT2D eigenvalue weighted by Gasteiger charge is 2.51. The molecule has 1 aliphatic carbocycles. The Morgan fingerprint density at radius 1 is 1.03 bits per heavy atom. The molecule has 6 heteroatoms. The van der Waals surface area contributed by atoms with E-state index >= 15 is 0 Å². The lowest BCUT2D eigenvalue weighted by Gasteiger charge is -2.32. The molecule has 158 valence electrons. The van der Waals surface area contributed by atoms with Crippen molar-refractivity contribution >= 4 is 11.8 Å². The van der Waals surface area contributed by atoms with Crippen LogP contribution in [0.2, 0.25) is 0 Å². The number of carbonyl (C=O) groups excluding carboxylic acids is 2. The van der Waals surface area contributed by atoms with Gasteiger partial charge in [0.15, 0.2) is 6.61 Å². The number of rotatable bonds is 7. The molecule has 1 aliphatic heterocycles. The van der Waals surface area contributed by atoms with Crippen molar-refractivity contribution in [1.82, 2.24) is 10.2 Å². The van der Waals surface area contributed by atoms with Gasteiger partial charge in [0.05, 0.1) is 5.41 Å². The lowest BCUT2D eigenvalue weighted by Crippen LogP contribution is -2.44. The number of piperidine rings is 1. The molecular formula is C24H27FN2O3. The maximum Gasteiger partial charge on any atom is 0.260 e. The normalized spacial score (nSPS) is 18.0. The Morgan fingerprint density at radius 2 is 1.70 bits per heavy atom. The zero-order valence-corrected chi connectivity index (χ0v) is 17.0. The molecule has 0 aromatic heterocycles. The number of ether oxygens (including phenoxy) is 1. The van der Waals surface area contributed by atoms with E-state index in [1.807, 2.05) is 35.2 Å². The minimum absolute atomic E-state index is 0.00502. The molecule has 0 unspecified atom stereocenters. The van der Waals surface area contributed by atoms with Gasteiger partial charge in [0.2, 0.25) is 5.91 Å². The predicted molar refractivity (Wildman–Crippen MR) is 112 cm³/mol. The standard InChI is InChI=1S/C24H27FN2O3/c25-20-8-6-19(7-9-20)24(12-13-24)23(29)26-16-18-10-14-27(15-11-18)22(28)17-30-21-4-2-1-3-5-21/h1-9,18H,10-17H2,(H,26,29). The Labute approximate surface area is 176 Å². The van der Waals surface area contributed by atoms with E-state index < -0.39 is 5.41 Å². The molecule has 1 heterocycles. The van der Waals surface area contributed by atoms with Crippen LogP contribution in [0.25, 0.3) is 0 Å². The third-order valence-electron chi connectivity index (χ3n) is 6.21. The van der Waals surface area contributed by atoms with Crippen LogP contribution in [-0.4, -0.2) is 43.0 Å². The van der Waals surface area contributed by atoms with Gasteiger partial charge in [-0.15, -0.1) is 0 Å². The number of amides is 2. The number of hydrogen-bond acceptors (Lipinski definition) is 3. The van der Waals surface area contributed by atoms with Crippen molar-refractivity contribution in [2.45, 2.75) is 31.1 Å². The summed E-state index contributed by atoms with van der Waals surface area (Å²) in [4.78, 5) is 27.0. The van der Waals surface area contributed by atoms with Crippen molar-refractivity contribution in [1.29, 1.82) is 0 Å². The van der Waals surface area contributed by atoms with E-state index in [9.17, 15) is 14.0 Å². The van der Waals surface area contributed by atoms with E-state index in [-0.39, 0.29) is 24.2 Å². The van der Waals surface area contributed by atoms with Crippen molar-refractivity contribution in [2.24, 2.45) is 5.92 Å². The molecule has 1 N–H and O–H groups in total. The van der Waals surface area contributed by atoms with E-state index in [4.69, 9.17) is 4.74 Å². The predicted octanol–water partition coefficient (Wildman–Crippen LogP) is 3.29. The molecule has 1 saturated carbocycles. The summed E-state index contributed by atoms with van der Waals surface area (Å²) >= 11 is 0. The van der Waals surface area contributed by atoms with Crippen molar-refractivity contribution < 1.29 is 18.7 Å². The Kier molecular flexibility index (Phi) is 6.02. The summed E-state index contributed by atoms with van der Waals surface area (Å²) in [6, 6.07) is 15.6. The first-order chi connectivity index (χ1) is 14.6. The smallest absolute Gasteiger partial charge is 0.260 e. The molecule has 0 radical (unpaired) electrons. The molecule has 2 aromatic carbocycles. The molecule has 0 spiro atoms. The van der Waals surface area contributed by atoms with Crippen LogP contribution in [0, 0.1) is 11.7 Å². The fraction of sp³-hybridized carbons (Fsp3) is 0.417. The highest BCUT2D eigenvalue weighted by atomic mass is 19.1. The monoisotopic (exact) mass is 410 g/mol. The van der Waals surface area contributed by atoms with Gasteiger partial charge in [0.25, 0.3) is 5.91 Å². The Balaban J connectivity index is 1.20. The van der Waals surface area contributed by atoms with E-state index in [0.29, 0.717) is 31.3 Å². The lowest BCUT2D eigenvalue weighted by atomic mass is 9.93. The first-order valence-corrected chi connectivity index (χ1v) is 10.6. The van der Waals surface area contributed by atoms with Gasteiger partial charge in [0.1, 0.15) is 11.6 Å². The Morgan fingerprint density at radius 3 is 2.33 bits per heavy atom. The molecule has 4 rings (SSSR count). The molecular weight excluding hydrogens is 383 g/mol. The van der Waals surface area contributed by atoms with Crippen LogP contribution in [0.3, 0.4) is 0 Å². The number of likely N-dealkylation sites (tertiary alicyclic amines) is 1. The molecule has 2 amide bonds. The van der Waals surface area contributed by atoms with Crippen molar-refractivity contribution in [3.63, 3.8) is 0 Å².